The third-order valence-electron chi connectivity index (χ3n) is 2.70. The number of rotatable bonds is 3. The van der Waals surface area contributed by atoms with Crippen LogP contribution in [0.1, 0.15) is 16.7 Å². The lowest BCUT2D eigenvalue weighted by Crippen LogP contribution is -2.00. The number of aryl methyl sites for hydroxylation is 1. The van der Waals surface area contributed by atoms with Crippen LogP contribution in [-0.4, -0.2) is 5.11 Å². The zero-order chi connectivity index (χ0) is 11.5. The first-order chi connectivity index (χ1) is 7.68. The summed E-state index contributed by atoms with van der Waals surface area (Å²) in [6.07, 6.45) is 0. The van der Waals surface area contributed by atoms with Crippen LogP contribution in [0, 0.1) is 13.8 Å². The van der Waals surface area contributed by atoms with Crippen molar-refractivity contribution in [3.05, 3.63) is 45.6 Å². The van der Waals surface area contributed by atoms with Crippen molar-refractivity contribution in [1.29, 1.82) is 0 Å². The van der Waals surface area contributed by atoms with Crippen molar-refractivity contribution in [2.75, 3.05) is 5.32 Å². The average molecular weight is 233 g/mol. The van der Waals surface area contributed by atoms with E-state index in [9.17, 15) is 5.11 Å². The number of phenolic OH excluding ortho intramolecular Hbond substituents is 1. The number of benzene rings is 1. The monoisotopic (exact) mass is 233 g/mol. The van der Waals surface area contributed by atoms with Crippen molar-refractivity contribution in [3.63, 3.8) is 0 Å². The van der Waals surface area contributed by atoms with Gasteiger partial charge in [0.15, 0.2) is 0 Å². The van der Waals surface area contributed by atoms with Crippen LogP contribution in [0.2, 0.25) is 0 Å². The van der Waals surface area contributed by atoms with E-state index < -0.39 is 0 Å². The molecule has 1 aromatic heterocycles. The minimum atomic E-state index is 0.385. The van der Waals surface area contributed by atoms with Gasteiger partial charge in [0.2, 0.25) is 0 Å². The lowest BCUT2D eigenvalue weighted by Gasteiger charge is -2.11. The van der Waals surface area contributed by atoms with Crippen molar-refractivity contribution in [3.8, 4) is 5.75 Å². The fraction of sp³-hybridized carbons (Fsp3) is 0.231. The molecule has 3 heteroatoms. The molecule has 84 valence electrons. The van der Waals surface area contributed by atoms with Crippen LogP contribution in [0.15, 0.2) is 29.0 Å². The first-order valence-corrected chi connectivity index (χ1v) is 6.17. The van der Waals surface area contributed by atoms with Crippen molar-refractivity contribution in [2.24, 2.45) is 0 Å². The van der Waals surface area contributed by atoms with Crippen LogP contribution in [0.3, 0.4) is 0 Å². The highest BCUT2D eigenvalue weighted by Gasteiger charge is 2.05. The topological polar surface area (TPSA) is 32.3 Å². The Kier molecular flexibility index (Phi) is 3.15. The van der Waals surface area contributed by atoms with Crippen molar-refractivity contribution in [1.82, 2.24) is 0 Å². The molecule has 2 nitrogen and oxygen atoms in total. The second kappa shape index (κ2) is 4.58. The first kappa shape index (κ1) is 11.0. The average Bonchev–Trinajstić information content (AvgIpc) is 2.78. The molecule has 0 atom stereocenters. The van der Waals surface area contributed by atoms with E-state index in [0.717, 1.165) is 23.4 Å². The van der Waals surface area contributed by atoms with Crippen LogP contribution in [-0.2, 0) is 6.54 Å². The molecule has 0 fully saturated rings. The van der Waals surface area contributed by atoms with Crippen LogP contribution < -0.4 is 5.32 Å². The van der Waals surface area contributed by atoms with Gasteiger partial charge in [-0.3, -0.25) is 0 Å². The summed E-state index contributed by atoms with van der Waals surface area (Å²) in [4.78, 5) is 0. The number of aromatic hydroxyl groups is 1. The van der Waals surface area contributed by atoms with Gasteiger partial charge in [0, 0.05) is 17.8 Å². The summed E-state index contributed by atoms with van der Waals surface area (Å²) in [5.41, 5.74) is 4.09. The summed E-state index contributed by atoms with van der Waals surface area (Å²) >= 11 is 1.70. The fourth-order valence-electron chi connectivity index (χ4n) is 1.62. The quantitative estimate of drug-likeness (QED) is 0.847. The second-order valence-electron chi connectivity index (χ2n) is 3.89. The molecule has 0 radical (unpaired) electrons. The number of thiophene rings is 1. The summed E-state index contributed by atoms with van der Waals surface area (Å²) < 4.78 is 0. The van der Waals surface area contributed by atoms with Gasteiger partial charge in [-0.05, 0) is 47.9 Å². The lowest BCUT2D eigenvalue weighted by atomic mass is 10.1. The second-order valence-corrected chi connectivity index (χ2v) is 4.67. The normalized spacial score (nSPS) is 10.4. The Morgan fingerprint density at radius 2 is 2.06 bits per heavy atom. The summed E-state index contributed by atoms with van der Waals surface area (Å²) in [5, 5.41) is 17.3. The fourth-order valence-corrected chi connectivity index (χ4v) is 2.29. The molecule has 2 aromatic rings. The van der Waals surface area contributed by atoms with Gasteiger partial charge >= 0.3 is 0 Å². The number of hydrogen-bond donors (Lipinski definition) is 2. The number of nitrogens with one attached hydrogen (secondary N) is 1. The van der Waals surface area contributed by atoms with Crippen LogP contribution in [0.5, 0.6) is 5.75 Å². The van der Waals surface area contributed by atoms with Crippen LogP contribution in [0.4, 0.5) is 5.69 Å². The van der Waals surface area contributed by atoms with E-state index in [-0.39, 0.29) is 0 Å². The van der Waals surface area contributed by atoms with E-state index in [2.05, 4.69) is 22.1 Å². The third kappa shape index (κ3) is 2.19. The van der Waals surface area contributed by atoms with E-state index in [1.807, 2.05) is 26.0 Å². The van der Waals surface area contributed by atoms with Crippen LogP contribution >= 0.6 is 11.3 Å². The first-order valence-electron chi connectivity index (χ1n) is 5.22. The van der Waals surface area contributed by atoms with Gasteiger partial charge < -0.3 is 10.4 Å². The molecule has 0 aliphatic heterocycles. The summed E-state index contributed by atoms with van der Waals surface area (Å²) in [6.45, 7) is 4.64. The minimum absolute atomic E-state index is 0.385. The highest BCUT2D eigenvalue weighted by molar-refractivity contribution is 7.07. The van der Waals surface area contributed by atoms with E-state index in [1.54, 1.807) is 11.3 Å². The maximum absolute atomic E-state index is 9.81. The molecule has 1 aromatic carbocycles. The molecule has 1 heterocycles. The molecule has 16 heavy (non-hydrogen) atoms. The highest BCUT2D eigenvalue weighted by atomic mass is 32.1. The molecule has 0 saturated heterocycles. The maximum Gasteiger partial charge on any atom is 0.123 e. The molecule has 0 spiro atoms. The van der Waals surface area contributed by atoms with Gasteiger partial charge in [0.25, 0.3) is 0 Å². The van der Waals surface area contributed by atoms with Crippen molar-refractivity contribution in [2.45, 2.75) is 20.4 Å². The maximum atomic E-state index is 9.81. The van der Waals surface area contributed by atoms with Crippen LogP contribution in [0.25, 0.3) is 0 Å². The SMILES string of the molecule is Cc1ccc(NCc2ccsc2)c(C)c1O. The molecule has 0 aliphatic rings. The van der Waals surface area contributed by atoms with Gasteiger partial charge in [-0.15, -0.1) is 0 Å². The van der Waals surface area contributed by atoms with E-state index in [4.69, 9.17) is 0 Å². The highest BCUT2D eigenvalue weighted by Crippen LogP contribution is 2.28. The molecule has 0 amide bonds. The minimum Gasteiger partial charge on any atom is -0.507 e. The summed E-state index contributed by atoms with van der Waals surface area (Å²) in [5.74, 6) is 0.385. The number of anilines is 1. The molecule has 2 rings (SSSR count). The molecule has 0 bridgehead atoms. The van der Waals surface area contributed by atoms with Crippen molar-refractivity contribution < 1.29 is 5.11 Å². The predicted octanol–water partition coefficient (Wildman–Crippen LogP) is 3.68. The molecular formula is C13H15NOS. The number of phenols is 1. The Morgan fingerprint density at radius 3 is 2.75 bits per heavy atom. The Morgan fingerprint density at radius 1 is 1.25 bits per heavy atom. The van der Waals surface area contributed by atoms with Crippen molar-refractivity contribution >= 4 is 17.0 Å². The zero-order valence-electron chi connectivity index (χ0n) is 9.45. The van der Waals surface area contributed by atoms with E-state index in [1.165, 1.54) is 5.56 Å². The summed E-state index contributed by atoms with van der Waals surface area (Å²) in [7, 11) is 0. The molecule has 2 N–H and O–H groups in total. The Balaban J connectivity index is 2.13. The van der Waals surface area contributed by atoms with Gasteiger partial charge in [-0.2, -0.15) is 11.3 Å². The van der Waals surface area contributed by atoms with Gasteiger partial charge in [0.05, 0.1) is 0 Å². The molecule has 0 aliphatic carbocycles. The molecular weight excluding hydrogens is 218 g/mol. The number of hydrogen-bond acceptors (Lipinski definition) is 3. The standard InChI is InChI=1S/C13H15NOS/c1-9-3-4-12(10(2)13(9)15)14-7-11-5-6-16-8-11/h3-6,8,14-15H,7H2,1-2H3. The third-order valence-corrected chi connectivity index (χ3v) is 3.43. The smallest absolute Gasteiger partial charge is 0.123 e. The largest absolute Gasteiger partial charge is 0.507 e. The van der Waals surface area contributed by atoms with Gasteiger partial charge in [0.1, 0.15) is 5.75 Å². The Labute approximate surface area is 99.6 Å². The zero-order valence-corrected chi connectivity index (χ0v) is 10.3. The molecule has 0 saturated carbocycles. The molecule has 0 unspecified atom stereocenters. The summed E-state index contributed by atoms with van der Waals surface area (Å²) in [6, 6.07) is 6.04. The van der Waals surface area contributed by atoms with Gasteiger partial charge in [-0.25, -0.2) is 0 Å². The lowest BCUT2D eigenvalue weighted by molar-refractivity contribution is 0.467. The Bertz CT molecular complexity index is 477. The predicted molar refractivity (Wildman–Crippen MR) is 69.2 cm³/mol. The van der Waals surface area contributed by atoms with E-state index >= 15 is 0 Å². The Hall–Kier alpha value is -1.48. The van der Waals surface area contributed by atoms with E-state index in [0.29, 0.717) is 5.75 Å². The van der Waals surface area contributed by atoms with Gasteiger partial charge in [-0.1, -0.05) is 6.07 Å².